The van der Waals surface area contributed by atoms with Crippen LogP contribution in [-0.2, 0) is 14.4 Å². The van der Waals surface area contributed by atoms with E-state index in [2.05, 4.69) is 24.1 Å². The van der Waals surface area contributed by atoms with E-state index in [0.29, 0.717) is 30.2 Å². The number of methoxy groups -OCH3 is 2. The molecule has 0 bridgehead atoms. The van der Waals surface area contributed by atoms with E-state index in [-0.39, 0.29) is 24.9 Å². The lowest BCUT2D eigenvalue weighted by molar-refractivity contribution is -0.138. The summed E-state index contributed by atoms with van der Waals surface area (Å²) < 4.78 is 10.2. The topological polar surface area (TPSA) is 117 Å². The Bertz CT molecular complexity index is 1010. The summed E-state index contributed by atoms with van der Waals surface area (Å²) >= 11 is 0. The van der Waals surface area contributed by atoms with Crippen molar-refractivity contribution in [3.63, 3.8) is 0 Å². The molecule has 2 rings (SSSR count). The van der Waals surface area contributed by atoms with Crippen molar-refractivity contribution >= 4 is 29.2 Å². The molecule has 0 radical (unpaired) electrons. The molecule has 0 atom stereocenters. The van der Waals surface area contributed by atoms with Gasteiger partial charge in [0.05, 0.1) is 38.7 Å². The predicted molar refractivity (Wildman–Crippen MR) is 153 cm³/mol. The molecule has 0 saturated heterocycles. The lowest BCUT2D eigenvalue weighted by Gasteiger charge is -2.19. The van der Waals surface area contributed by atoms with Crippen LogP contribution in [0.5, 0.6) is 11.5 Å². The van der Waals surface area contributed by atoms with Gasteiger partial charge in [0.1, 0.15) is 11.5 Å². The lowest BCUT2D eigenvalue weighted by Crippen LogP contribution is -2.37. The van der Waals surface area contributed by atoms with Crippen LogP contribution in [0.15, 0.2) is 60.7 Å². The number of hydrogen-bond donors (Lipinski definition) is 3. The average Bonchev–Trinajstić information content (AvgIpc) is 2.89. The predicted octanol–water partition coefficient (Wildman–Crippen LogP) is 5.45. The van der Waals surface area contributed by atoms with Gasteiger partial charge in [-0.2, -0.15) is 0 Å². The number of para-hydroxylation sites is 4. The molecule has 0 aromatic heterocycles. The van der Waals surface area contributed by atoms with Gasteiger partial charge in [-0.3, -0.25) is 19.3 Å². The second-order valence-electron chi connectivity index (χ2n) is 8.27. The van der Waals surface area contributed by atoms with E-state index in [1.165, 1.54) is 12.7 Å². The first-order valence-corrected chi connectivity index (χ1v) is 12.6. The Hall–Kier alpha value is -3.85. The largest absolute Gasteiger partial charge is 0.495 e. The molecule has 9 heteroatoms. The molecule has 2 aromatic rings. The minimum absolute atomic E-state index is 0.00972. The zero-order chi connectivity index (χ0) is 28.9. The van der Waals surface area contributed by atoms with Crippen molar-refractivity contribution in [3.8, 4) is 11.5 Å². The average molecular weight is 530 g/mol. The molecule has 0 heterocycles. The van der Waals surface area contributed by atoms with Gasteiger partial charge in [-0.25, -0.2) is 0 Å². The van der Waals surface area contributed by atoms with Gasteiger partial charge in [-0.15, -0.1) is 6.58 Å². The number of allylic oxidation sites excluding steroid dienone is 1. The molecule has 0 fully saturated rings. The Morgan fingerprint density at radius 1 is 0.816 bits per heavy atom. The number of anilines is 2. The molecule has 38 heavy (non-hydrogen) atoms. The van der Waals surface area contributed by atoms with Gasteiger partial charge < -0.3 is 25.2 Å². The lowest BCUT2D eigenvalue weighted by atomic mass is 10.3. The maximum Gasteiger partial charge on any atom is 0.317 e. The number of aliphatic carboxylic acids is 1. The van der Waals surface area contributed by atoms with Gasteiger partial charge in [-0.05, 0) is 50.6 Å². The highest BCUT2D eigenvalue weighted by Gasteiger charge is 2.14. The van der Waals surface area contributed by atoms with Crippen LogP contribution in [0.1, 0.15) is 47.0 Å². The second-order valence-corrected chi connectivity index (χ2v) is 8.27. The number of carboxylic acid groups (broad SMARTS) is 1. The fourth-order valence-corrected chi connectivity index (χ4v) is 2.85. The van der Waals surface area contributed by atoms with Gasteiger partial charge in [0.25, 0.3) is 0 Å². The van der Waals surface area contributed by atoms with Crippen LogP contribution in [0.25, 0.3) is 0 Å². The third-order valence-corrected chi connectivity index (χ3v) is 4.95. The number of amides is 2. The summed E-state index contributed by atoms with van der Waals surface area (Å²) in [5.74, 6) is 0.0441. The maximum atomic E-state index is 11.9. The number of rotatable bonds is 12. The van der Waals surface area contributed by atoms with E-state index in [1.807, 2.05) is 51.1 Å². The van der Waals surface area contributed by atoms with Crippen LogP contribution in [0, 0.1) is 0 Å². The molecule has 3 N–H and O–H groups in total. The van der Waals surface area contributed by atoms with Crippen molar-refractivity contribution in [1.29, 1.82) is 0 Å². The van der Waals surface area contributed by atoms with Crippen molar-refractivity contribution in [1.82, 2.24) is 4.90 Å². The summed E-state index contributed by atoms with van der Waals surface area (Å²) in [5.41, 5.74) is 2.55. The number of nitrogens with one attached hydrogen (secondary N) is 2. The number of ether oxygens (including phenoxy) is 2. The molecule has 2 aromatic carbocycles. The normalized spacial score (nSPS) is 9.66. The molecule has 2 amide bonds. The number of hydrogen-bond acceptors (Lipinski definition) is 6. The first-order valence-electron chi connectivity index (χ1n) is 12.6. The van der Waals surface area contributed by atoms with Gasteiger partial charge in [0, 0.05) is 6.42 Å². The molecule has 9 nitrogen and oxygen atoms in total. The summed E-state index contributed by atoms with van der Waals surface area (Å²) in [7, 11) is 3.11. The Morgan fingerprint density at radius 3 is 1.63 bits per heavy atom. The Kier molecular flexibility index (Phi) is 18.2. The standard InChI is InChI=1S/C14H20N2O4.C10H13NO2.C5H10/c1-3-8-16(10-14(18)19)9-13(17)15-11-6-4-5-7-12(11)20-2;1-3-10(12)11-8-6-4-5-7-9(8)13-2;1-4-5(2)3/h4-7H,3,8-10H2,1-2H3,(H,15,17)(H,18,19);4-7H,3H2,1-2H3,(H,11,12);2,4H2,1,3H3. The molecule has 0 aliphatic heterocycles. The van der Waals surface area contributed by atoms with Gasteiger partial charge in [-0.1, -0.05) is 50.6 Å². The van der Waals surface area contributed by atoms with Crippen molar-refractivity contribution < 1.29 is 29.0 Å². The number of carbonyl (C=O) groups is 3. The van der Waals surface area contributed by atoms with Crippen molar-refractivity contribution in [3.05, 3.63) is 60.7 Å². The van der Waals surface area contributed by atoms with Gasteiger partial charge in [0.2, 0.25) is 11.8 Å². The SMILES string of the molecule is C=C(C)CC.CCC(=O)Nc1ccccc1OC.CCCN(CC(=O)O)CC(=O)Nc1ccccc1OC. The highest BCUT2D eigenvalue weighted by atomic mass is 16.5. The third kappa shape index (κ3) is 15.3. The summed E-state index contributed by atoms with van der Waals surface area (Å²) in [4.78, 5) is 35.4. The maximum absolute atomic E-state index is 11.9. The number of carbonyl (C=O) groups excluding carboxylic acids is 2. The molecular formula is C29H43N3O6. The molecule has 0 spiro atoms. The molecule has 210 valence electrons. The summed E-state index contributed by atoms with van der Waals surface area (Å²) in [6, 6.07) is 14.4. The fraction of sp³-hybridized carbons (Fsp3) is 0.414. The number of nitrogens with zero attached hydrogens (tertiary/aromatic N) is 1. The van der Waals surface area contributed by atoms with E-state index < -0.39 is 5.97 Å². The van der Waals surface area contributed by atoms with Crippen molar-refractivity contribution in [2.24, 2.45) is 0 Å². The second kappa shape index (κ2) is 20.2. The van der Waals surface area contributed by atoms with E-state index in [4.69, 9.17) is 14.6 Å². The van der Waals surface area contributed by atoms with Crippen LogP contribution in [-0.4, -0.2) is 61.6 Å². The summed E-state index contributed by atoms with van der Waals surface area (Å²) in [6.07, 6.45) is 2.37. The van der Waals surface area contributed by atoms with E-state index >= 15 is 0 Å². The Balaban J connectivity index is 0.000000648. The highest BCUT2D eigenvalue weighted by Crippen LogP contribution is 2.23. The molecule has 0 saturated carbocycles. The first-order chi connectivity index (χ1) is 18.1. The number of benzene rings is 2. The smallest absolute Gasteiger partial charge is 0.317 e. The van der Waals surface area contributed by atoms with Gasteiger partial charge in [0.15, 0.2) is 0 Å². The minimum atomic E-state index is -0.941. The molecule has 0 aliphatic rings. The van der Waals surface area contributed by atoms with E-state index in [9.17, 15) is 14.4 Å². The van der Waals surface area contributed by atoms with E-state index in [0.717, 1.165) is 18.5 Å². The minimum Gasteiger partial charge on any atom is -0.495 e. The fourth-order valence-electron chi connectivity index (χ4n) is 2.85. The van der Waals surface area contributed by atoms with Crippen molar-refractivity contribution in [2.75, 3.05) is 44.5 Å². The monoisotopic (exact) mass is 529 g/mol. The first kappa shape index (κ1) is 34.1. The quantitative estimate of drug-likeness (QED) is 0.313. The zero-order valence-corrected chi connectivity index (χ0v) is 23.5. The third-order valence-electron chi connectivity index (χ3n) is 4.95. The highest BCUT2D eigenvalue weighted by molar-refractivity contribution is 5.94. The van der Waals surface area contributed by atoms with Crippen LogP contribution >= 0.6 is 0 Å². The van der Waals surface area contributed by atoms with Crippen LogP contribution in [0.2, 0.25) is 0 Å². The van der Waals surface area contributed by atoms with Gasteiger partial charge >= 0.3 is 5.97 Å². The molecule has 0 unspecified atom stereocenters. The Morgan fingerprint density at radius 2 is 1.26 bits per heavy atom. The van der Waals surface area contributed by atoms with Crippen LogP contribution in [0.4, 0.5) is 11.4 Å². The number of carboxylic acids is 1. The summed E-state index contributed by atoms with van der Waals surface area (Å²) in [6.45, 7) is 12.0. The van der Waals surface area contributed by atoms with Crippen molar-refractivity contribution in [2.45, 2.75) is 47.0 Å². The molecule has 0 aliphatic carbocycles. The Labute approximate surface area is 226 Å². The van der Waals surface area contributed by atoms with Crippen LogP contribution in [0.3, 0.4) is 0 Å². The summed E-state index contributed by atoms with van der Waals surface area (Å²) in [5, 5.41) is 14.3. The zero-order valence-electron chi connectivity index (χ0n) is 23.5. The molecular weight excluding hydrogens is 486 g/mol. The van der Waals surface area contributed by atoms with E-state index in [1.54, 1.807) is 30.2 Å². The van der Waals surface area contributed by atoms with Crippen LogP contribution < -0.4 is 20.1 Å².